The Morgan fingerprint density at radius 2 is 2.00 bits per heavy atom. The lowest BCUT2D eigenvalue weighted by Crippen LogP contribution is -2.16. The monoisotopic (exact) mass is 301 g/mol. The van der Waals surface area contributed by atoms with Crippen molar-refractivity contribution in [2.75, 3.05) is 13.1 Å². The molecule has 2 rings (SSSR count). The maximum Gasteiger partial charge on any atom is 0.0890 e. The van der Waals surface area contributed by atoms with Gasteiger partial charge < -0.3 is 5.32 Å². The molecule has 1 N–H and O–H groups in total. The van der Waals surface area contributed by atoms with Crippen LogP contribution in [0.5, 0.6) is 0 Å². The van der Waals surface area contributed by atoms with Gasteiger partial charge in [-0.15, -0.1) is 23.7 Å². The van der Waals surface area contributed by atoms with Gasteiger partial charge in [-0.25, -0.2) is 0 Å². The van der Waals surface area contributed by atoms with Crippen LogP contribution in [-0.2, 0) is 12.8 Å². The van der Waals surface area contributed by atoms with Crippen LogP contribution in [-0.4, -0.2) is 13.1 Å². The van der Waals surface area contributed by atoms with Crippen molar-refractivity contribution in [1.29, 1.82) is 0 Å². The van der Waals surface area contributed by atoms with E-state index in [2.05, 4.69) is 21.2 Å². The molecule has 0 saturated heterocycles. The minimum absolute atomic E-state index is 0. The molecule has 5 heteroatoms. The van der Waals surface area contributed by atoms with E-state index in [-0.39, 0.29) is 12.4 Å². The fraction of sp³-hybridized carbons (Fsp3) is 0.500. The second-order valence-corrected chi connectivity index (χ2v) is 5.64. The molecule has 1 aromatic rings. The van der Waals surface area contributed by atoms with Crippen molar-refractivity contribution < 1.29 is 0 Å². The van der Waals surface area contributed by atoms with Gasteiger partial charge in [-0.1, -0.05) is 11.6 Å². The molecule has 0 spiro atoms. The molecular formula is C8H10BrCl2NS. The highest BCUT2D eigenvalue weighted by Crippen LogP contribution is 2.38. The van der Waals surface area contributed by atoms with E-state index in [1.54, 1.807) is 11.3 Å². The zero-order valence-corrected chi connectivity index (χ0v) is 10.9. The molecule has 0 saturated carbocycles. The average molecular weight is 303 g/mol. The summed E-state index contributed by atoms with van der Waals surface area (Å²) in [6, 6.07) is 0. The first kappa shape index (κ1) is 11.8. The summed E-state index contributed by atoms with van der Waals surface area (Å²) in [4.78, 5) is 1.44. The largest absolute Gasteiger partial charge is 0.316 e. The molecule has 1 aliphatic heterocycles. The molecule has 0 aromatic carbocycles. The summed E-state index contributed by atoms with van der Waals surface area (Å²) in [5.41, 5.74) is 1.35. The van der Waals surface area contributed by atoms with Crippen molar-refractivity contribution in [3.05, 3.63) is 19.2 Å². The van der Waals surface area contributed by atoms with Crippen molar-refractivity contribution in [2.24, 2.45) is 0 Å². The minimum atomic E-state index is 0. The molecule has 13 heavy (non-hydrogen) atoms. The first-order chi connectivity index (χ1) is 5.79. The number of hydrogen-bond donors (Lipinski definition) is 1. The summed E-state index contributed by atoms with van der Waals surface area (Å²) < 4.78 is 1.09. The van der Waals surface area contributed by atoms with Crippen LogP contribution in [0.1, 0.15) is 10.4 Å². The number of halogens is 3. The smallest absolute Gasteiger partial charge is 0.0890 e. The summed E-state index contributed by atoms with van der Waals surface area (Å²) in [6.45, 7) is 2.13. The Hall–Kier alpha value is 0.720. The molecule has 1 aromatic heterocycles. The molecule has 0 bridgehead atoms. The maximum atomic E-state index is 6.14. The molecule has 0 atom stereocenters. The minimum Gasteiger partial charge on any atom is -0.316 e. The lowest BCUT2D eigenvalue weighted by molar-refractivity contribution is 0.712. The SMILES string of the molecule is Cl.Clc1c(Br)sc2c1CCNCC2. The van der Waals surface area contributed by atoms with Crippen LogP contribution in [0, 0.1) is 0 Å². The van der Waals surface area contributed by atoms with Gasteiger partial charge in [0.05, 0.1) is 8.81 Å². The Labute approximate surface area is 101 Å². The Morgan fingerprint density at radius 1 is 1.31 bits per heavy atom. The third-order valence-electron chi connectivity index (χ3n) is 2.07. The van der Waals surface area contributed by atoms with E-state index in [0.717, 1.165) is 34.7 Å². The van der Waals surface area contributed by atoms with Crippen LogP contribution in [0.4, 0.5) is 0 Å². The lowest BCUT2D eigenvalue weighted by atomic mass is 10.2. The van der Waals surface area contributed by atoms with Gasteiger partial charge in [-0.2, -0.15) is 0 Å². The van der Waals surface area contributed by atoms with E-state index in [4.69, 9.17) is 11.6 Å². The van der Waals surface area contributed by atoms with E-state index in [9.17, 15) is 0 Å². The van der Waals surface area contributed by atoms with Gasteiger partial charge in [0.15, 0.2) is 0 Å². The van der Waals surface area contributed by atoms with Crippen molar-refractivity contribution in [1.82, 2.24) is 5.32 Å². The molecule has 0 amide bonds. The fourth-order valence-corrected chi connectivity index (χ4v) is 3.61. The van der Waals surface area contributed by atoms with Gasteiger partial charge in [0.2, 0.25) is 0 Å². The topological polar surface area (TPSA) is 12.0 Å². The first-order valence-electron chi connectivity index (χ1n) is 3.95. The zero-order chi connectivity index (χ0) is 8.55. The number of nitrogens with one attached hydrogen (secondary N) is 1. The first-order valence-corrected chi connectivity index (χ1v) is 5.94. The van der Waals surface area contributed by atoms with Crippen LogP contribution in [0.2, 0.25) is 5.02 Å². The van der Waals surface area contributed by atoms with Crippen molar-refractivity contribution in [2.45, 2.75) is 12.8 Å². The van der Waals surface area contributed by atoms with E-state index >= 15 is 0 Å². The van der Waals surface area contributed by atoms with Gasteiger partial charge in [0.25, 0.3) is 0 Å². The highest BCUT2D eigenvalue weighted by molar-refractivity contribution is 9.11. The number of fused-ring (bicyclic) bond motifs is 1. The number of rotatable bonds is 0. The van der Waals surface area contributed by atoms with Gasteiger partial charge in [-0.3, -0.25) is 0 Å². The standard InChI is InChI=1S/C8H9BrClNS.ClH/c9-8-7(10)5-1-3-11-4-2-6(5)12-8;/h11H,1-4H2;1H. The predicted molar refractivity (Wildman–Crippen MR) is 64.6 cm³/mol. The normalized spacial score (nSPS) is 15.8. The van der Waals surface area contributed by atoms with E-state index in [1.165, 1.54) is 10.4 Å². The van der Waals surface area contributed by atoms with Crippen LogP contribution in [0.25, 0.3) is 0 Å². The molecule has 0 aliphatic carbocycles. The van der Waals surface area contributed by atoms with Crippen LogP contribution in [0.3, 0.4) is 0 Å². The quantitative estimate of drug-likeness (QED) is 0.775. The van der Waals surface area contributed by atoms with Gasteiger partial charge in [0, 0.05) is 4.88 Å². The second kappa shape index (κ2) is 4.99. The fourth-order valence-electron chi connectivity index (χ4n) is 1.45. The van der Waals surface area contributed by atoms with Crippen molar-refractivity contribution >= 4 is 51.3 Å². The molecule has 2 heterocycles. The third kappa shape index (κ3) is 2.39. The highest BCUT2D eigenvalue weighted by Gasteiger charge is 2.16. The maximum absolute atomic E-state index is 6.14. The Balaban J connectivity index is 0.000000845. The zero-order valence-electron chi connectivity index (χ0n) is 6.90. The van der Waals surface area contributed by atoms with Gasteiger partial charge in [0.1, 0.15) is 0 Å². The molecular weight excluding hydrogens is 293 g/mol. The van der Waals surface area contributed by atoms with Gasteiger partial charge in [-0.05, 0) is 47.4 Å². The molecule has 74 valence electrons. The van der Waals surface area contributed by atoms with Crippen LogP contribution >= 0.6 is 51.3 Å². The average Bonchev–Trinajstić information content (AvgIpc) is 2.30. The van der Waals surface area contributed by atoms with Crippen molar-refractivity contribution in [3.8, 4) is 0 Å². The second-order valence-electron chi connectivity index (χ2n) is 2.84. The molecule has 0 unspecified atom stereocenters. The summed E-state index contributed by atoms with van der Waals surface area (Å²) >= 11 is 11.4. The van der Waals surface area contributed by atoms with E-state index < -0.39 is 0 Å². The summed E-state index contributed by atoms with van der Waals surface area (Å²) in [7, 11) is 0. The molecule has 1 aliphatic rings. The Kier molecular flexibility index (Phi) is 4.52. The summed E-state index contributed by atoms with van der Waals surface area (Å²) in [6.07, 6.45) is 2.18. The van der Waals surface area contributed by atoms with Crippen LogP contribution < -0.4 is 5.32 Å². The van der Waals surface area contributed by atoms with E-state index in [0.29, 0.717) is 0 Å². The molecule has 0 fully saturated rings. The summed E-state index contributed by atoms with van der Waals surface area (Å²) in [5.74, 6) is 0. The third-order valence-corrected chi connectivity index (χ3v) is 4.79. The highest BCUT2D eigenvalue weighted by atomic mass is 79.9. The van der Waals surface area contributed by atoms with Crippen molar-refractivity contribution in [3.63, 3.8) is 0 Å². The predicted octanol–water partition coefficient (Wildman–Crippen LogP) is 3.27. The number of hydrogen-bond acceptors (Lipinski definition) is 2. The molecule has 1 nitrogen and oxygen atoms in total. The Morgan fingerprint density at radius 3 is 2.77 bits per heavy atom. The lowest BCUT2D eigenvalue weighted by Gasteiger charge is -1.96. The van der Waals surface area contributed by atoms with Gasteiger partial charge >= 0.3 is 0 Å². The summed E-state index contributed by atoms with van der Waals surface area (Å²) in [5, 5.41) is 4.29. The number of thiophene rings is 1. The van der Waals surface area contributed by atoms with Crippen LogP contribution in [0.15, 0.2) is 3.79 Å². The van der Waals surface area contributed by atoms with E-state index in [1.807, 2.05) is 0 Å². The molecule has 0 radical (unpaired) electrons. The Bertz CT molecular complexity index is 301.